The third kappa shape index (κ3) is 7.56. The van der Waals surface area contributed by atoms with Crippen LogP contribution in [0.15, 0.2) is 42.5 Å². The van der Waals surface area contributed by atoms with Gasteiger partial charge in [0.05, 0.1) is 24.3 Å². The van der Waals surface area contributed by atoms with E-state index < -0.39 is 29.3 Å². The molecular formula is C28H37F2N3O4. The zero-order chi connectivity index (χ0) is 27.2. The number of hydrogen-bond acceptors (Lipinski definition) is 5. The van der Waals surface area contributed by atoms with Crippen molar-refractivity contribution in [2.24, 2.45) is 0 Å². The molecule has 2 amide bonds. The van der Waals surface area contributed by atoms with Crippen molar-refractivity contribution >= 4 is 11.8 Å². The van der Waals surface area contributed by atoms with E-state index in [0.29, 0.717) is 18.5 Å². The van der Waals surface area contributed by atoms with Crippen molar-refractivity contribution in [2.45, 2.75) is 63.6 Å². The van der Waals surface area contributed by atoms with Crippen LogP contribution < -0.4 is 10.6 Å². The Balaban J connectivity index is 1.85. The summed E-state index contributed by atoms with van der Waals surface area (Å²) >= 11 is 0. The van der Waals surface area contributed by atoms with Crippen molar-refractivity contribution in [3.05, 3.63) is 70.8 Å². The number of benzene rings is 2. The maximum Gasteiger partial charge on any atom is 0.224 e. The van der Waals surface area contributed by atoms with E-state index in [1.807, 2.05) is 18.2 Å². The fourth-order valence-electron chi connectivity index (χ4n) is 4.93. The fourth-order valence-corrected chi connectivity index (χ4v) is 4.93. The maximum absolute atomic E-state index is 13.7. The lowest BCUT2D eigenvalue weighted by Crippen LogP contribution is -2.57. The summed E-state index contributed by atoms with van der Waals surface area (Å²) in [7, 11) is 0. The van der Waals surface area contributed by atoms with Crippen LogP contribution in [0, 0.1) is 11.6 Å². The first-order valence-electron chi connectivity index (χ1n) is 12.7. The Labute approximate surface area is 216 Å². The quantitative estimate of drug-likeness (QED) is 0.367. The molecule has 202 valence electrons. The molecule has 1 aliphatic heterocycles. The van der Waals surface area contributed by atoms with E-state index in [1.54, 1.807) is 4.90 Å². The van der Waals surface area contributed by atoms with Gasteiger partial charge >= 0.3 is 0 Å². The van der Waals surface area contributed by atoms with Gasteiger partial charge in [-0.2, -0.15) is 0 Å². The number of β-amino-alcohol motifs (C(OH)–C–C–N with tert-alkyl or cyclic N) is 1. The lowest BCUT2D eigenvalue weighted by atomic mass is 9.79. The Hall–Kier alpha value is -2.88. The summed E-state index contributed by atoms with van der Waals surface area (Å²) in [6.45, 7) is 6.10. The zero-order valence-electron chi connectivity index (χ0n) is 21.6. The molecule has 0 spiro atoms. The van der Waals surface area contributed by atoms with Crippen molar-refractivity contribution < 1.29 is 28.6 Å². The van der Waals surface area contributed by atoms with E-state index >= 15 is 0 Å². The predicted molar refractivity (Wildman–Crippen MR) is 137 cm³/mol. The number of halogens is 2. The Bertz CT molecular complexity index is 1080. The van der Waals surface area contributed by atoms with Gasteiger partial charge < -0.3 is 25.7 Å². The lowest BCUT2D eigenvalue weighted by Gasteiger charge is -2.43. The highest BCUT2D eigenvalue weighted by Crippen LogP contribution is 2.35. The number of aliphatic hydroxyl groups excluding tert-OH is 2. The number of carbonyl (C=O) groups is 2. The molecule has 4 N–H and O–H groups in total. The molecule has 9 heteroatoms. The predicted octanol–water partition coefficient (Wildman–Crippen LogP) is 2.60. The second kappa shape index (κ2) is 12.6. The number of carbonyl (C=O) groups excluding carboxylic acids is 2. The van der Waals surface area contributed by atoms with Gasteiger partial charge in [0, 0.05) is 39.0 Å². The normalized spacial score (nSPS) is 19.7. The van der Waals surface area contributed by atoms with Crippen LogP contribution in [0.1, 0.15) is 56.2 Å². The molecule has 37 heavy (non-hydrogen) atoms. The summed E-state index contributed by atoms with van der Waals surface area (Å²) in [5, 5.41) is 26.5. The third-order valence-corrected chi connectivity index (χ3v) is 6.97. The van der Waals surface area contributed by atoms with Crippen molar-refractivity contribution in [2.75, 3.05) is 26.2 Å². The second-order valence-electron chi connectivity index (χ2n) is 10.1. The first kappa shape index (κ1) is 28.7. The van der Waals surface area contributed by atoms with E-state index in [0.717, 1.165) is 17.2 Å². The molecule has 1 saturated heterocycles. The monoisotopic (exact) mass is 517 g/mol. The number of nitrogens with one attached hydrogen (secondary N) is 2. The van der Waals surface area contributed by atoms with Gasteiger partial charge in [0.25, 0.3) is 0 Å². The van der Waals surface area contributed by atoms with Crippen LogP contribution in [-0.4, -0.2) is 65.3 Å². The average molecular weight is 518 g/mol. The molecule has 2 aromatic carbocycles. The summed E-state index contributed by atoms with van der Waals surface area (Å²) in [6, 6.07) is 10.3. The van der Waals surface area contributed by atoms with Gasteiger partial charge in [-0.1, -0.05) is 38.1 Å². The van der Waals surface area contributed by atoms with Gasteiger partial charge in [-0.25, -0.2) is 8.78 Å². The number of likely N-dealkylation sites (tertiary alicyclic amines) is 1. The van der Waals surface area contributed by atoms with E-state index in [-0.39, 0.29) is 50.3 Å². The lowest BCUT2D eigenvalue weighted by molar-refractivity contribution is -0.137. The number of amides is 2. The highest BCUT2D eigenvalue weighted by atomic mass is 19.1. The maximum atomic E-state index is 13.7. The van der Waals surface area contributed by atoms with Crippen molar-refractivity contribution in [3.63, 3.8) is 0 Å². The molecule has 7 nitrogen and oxygen atoms in total. The van der Waals surface area contributed by atoms with Gasteiger partial charge in [0.15, 0.2) is 0 Å². The Morgan fingerprint density at radius 3 is 2.46 bits per heavy atom. The SMILES string of the molecule is CC(=O)N[C@@H](Cc1cc(F)cc(F)c1)[C@H](O)CN[C@]1(c2cccc(C(C)C)c2)CCN(CCO)C(=O)C1. The standard InChI is InChI=1S/C28H37F2N3O4/c1-18(2)21-5-4-6-22(14-21)28(7-8-33(9-10-34)27(37)16-28)31-17-26(36)25(32-19(3)35)13-20-11-23(29)15-24(30)12-20/h4-6,11-12,14-15,18,25-26,31,34,36H,7-10,13,16-17H2,1-3H3,(H,32,35)/t25-,26+,28+/m0/s1. The van der Waals surface area contributed by atoms with Crippen molar-refractivity contribution in [1.29, 1.82) is 0 Å². The second-order valence-corrected chi connectivity index (χ2v) is 10.1. The van der Waals surface area contributed by atoms with E-state index in [1.165, 1.54) is 19.1 Å². The highest BCUT2D eigenvalue weighted by Gasteiger charge is 2.41. The Morgan fingerprint density at radius 2 is 1.86 bits per heavy atom. The van der Waals surface area contributed by atoms with Crippen LogP contribution in [0.25, 0.3) is 0 Å². The van der Waals surface area contributed by atoms with Crippen LogP contribution in [0.5, 0.6) is 0 Å². The van der Waals surface area contributed by atoms with Crippen LogP contribution in [0.2, 0.25) is 0 Å². The molecule has 0 aromatic heterocycles. The molecule has 0 aliphatic carbocycles. The molecule has 2 aromatic rings. The van der Waals surface area contributed by atoms with Gasteiger partial charge in [0.2, 0.25) is 11.8 Å². The largest absolute Gasteiger partial charge is 0.395 e. The minimum atomic E-state index is -1.11. The summed E-state index contributed by atoms with van der Waals surface area (Å²) < 4.78 is 27.5. The average Bonchev–Trinajstić information content (AvgIpc) is 2.83. The Morgan fingerprint density at radius 1 is 1.16 bits per heavy atom. The van der Waals surface area contributed by atoms with Crippen LogP contribution >= 0.6 is 0 Å². The summed E-state index contributed by atoms with van der Waals surface area (Å²) in [6.07, 6.45) is -0.379. The van der Waals surface area contributed by atoms with Crippen LogP contribution in [-0.2, 0) is 21.5 Å². The van der Waals surface area contributed by atoms with Crippen LogP contribution in [0.3, 0.4) is 0 Å². The molecule has 0 bridgehead atoms. The van der Waals surface area contributed by atoms with E-state index in [2.05, 4.69) is 30.5 Å². The number of aliphatic hydroxyl groups is 2. The van der Waals surface area contributed by atoms with Gasteiger partial charge in [-0.05, 0) is 47.6 Å². The Kier molecular flexibility index (Phi) is 9.75. The number of hydrogen-bond donors (Lipinski definition) is 4. The number of piperidine rings is 1. The van der Waals surface area contributed by atoms with E-state index in [4.69, 9.17) is 0 Å². The van der Waals surface area contributed by atoms with Gasteiger partial charge in [-0.15, -0.1) is 0 Å². The molecule has 1 aliphatic rings. The first-order chi connectivity index (χ1) is 17.5. The molecule has 0 saturated carbocycles. The van der Waals surface area contributed by atoms with Crippen LogP contribution in [0.4, 0.5) is 8.78 Å². The minimum absolute atomic E-state index is 0.0240. The van der Waals surface area contributed by atoms with Crippen molar-refractivity contribution in [3.8, 4) is 0 Å². The highest BCUT2D eigenvalue weighted by molar-refractivity contribution is 5.79. The van der Waals surface area contributed by atoms with Crippen molar-refractivity contribution in [1.82, 2.24) is 15.5 Å². The topological polar surface area (TPSA) is 102 Å². The third-order valence-electron chi connectivity index (χ3n) is 6.97. The fraction of sp³-hybridized carbons (Fsp3) is 0.500. The molecule has 0 radical (unpaired) electrons. The zero-order valence-corrected chi connectivity index (χ0v) is 21.6. The van der Waals surface area contributed by atoms with Gasteiger partial charge in [-0.3, -0.25) is 9.59 Å². The molecule has 1 heterocycles. The smallest absolute Gasteiger partial charge is 0.224 e. The molecular weight excluding hydrogens is 480 g/mol. The number of nitrogens with zero attached hydrogens (tertiary/aromatic N) is 1. The van der Waals surface area contributed by atoms with Gasteiger partial charge in [0.1, 0.15) is 11.6 Å². The summed E-state index contributed by atoms with van der Waals surface area (Å²) in [5.74, 6) is -1.68. The molecule has 3 atom stereocenters. The molecule has 0 unspecified atom stereocenters. The summed E-state index contributed by atoms with van der Waals surface area (Å²) in [4.78, 5) is 26.5. The minimum Gasteiger partial charge on any atom is -0.395 e. The summed E-state index contributed by atoms with van der Waals surface area (Å²) in [5.41, 5.74) is 1.59. The number of rotatable bonds is 11. The molecule has 1 fully saturated rings. The van der Waals surface area contributed by atoms with E-state index in [9.17, 15) is 28.6 Å². The molecule has 3 rings (SSSR count). The first-order valence-corrected chi connectivity index (χ1v) is 12.7.